The normalized spacial score (nSPS) is 29.0. The number of carbonyl (C=O) groups excluding carboxylic acids is 1. The van der Waals surface area contributed by atoms with E-state index in [-0.39, 0.29) is 23.8 Å². The lowest BCUT2D eigenvalue weighted by atomic mass is 9.80. The molecule has 1 N–H and O–H groups in total. The number of ether oxygens (including phenoxy) is 1. The molecular formula is C18H23F2NO3. The van der Waals surface area contributed by atoms with Crippen molar-refractivity contribution in [3.63, 3.8) is 0 Å². The molecule has 1 heterocycles. The third-order valence-corrected chi connectivity index (χ3v) is 5.35. The van der Waals surface area contributed by atoms with Crippen molar-refractivity contribution in [2.45, 2.75) is 63.2 Å². The number of hydrogen-bond donors (Lipinski definition) is 1. The number of halogens is 2. The molecule has 1 saturated heterocycles. The van der Waals surface area contributed by atoms with Gasteiger partial charge in [-0.05, 0) is 38.2 Å². The van der Waals surface area contributed by atoms with Gasteiger partial charge in [0.05, 0.1) is 12.1 Å². The summed E-state index contributed by atoms with van der Waals surface area (Å²) in [4.78, 5) is 14.1. The van der Waals surface area contributed by atoms with Crippen LogP contribution in [0.1, 0.15) is 62.6 Å². The van der Waals surface area contributed by atoms with E-state index in [4.69, 9.17) is 4.74 Å². The molecule has 0 unspecified atom stereocenters. The Morgan fingerprint density at radius 3 is 2.29 bits per heavy atom. The van der Waals surface area contributed by atoms with E-state index >= 15 is 0 Å². The fourth-order valence-electron chi connectivity index (χ4n) is 3.64. The lowest BCUT2D eigenvalue weighted by molar-refractivity contribution is -0.0908. The molecule has 1 aromatic carbocycles. The van der Waals surface area contributed by atoms with Gasteiger partial charge in [-0.1, -0.05) is 24.3 Å². The van der Waals surface area contributed by atoms with E-state index in [0.29, 0.717) is 32.2 Å². The first-order chi connectivity index (χ1) is 11.4. The highest BCUT2D eigenvalue weighted by molar-refractivity contribution is 5.69. The van der Waals surface area contributed by atoms with Crippen LogP contribution in [0.25, 0.3) is 0 Å². The van der Waals surface area contributed by atoms with Gasteiger partial charge in [0.1, 0.15) is 5.60 Å². The van der Waals surface area contributed by atoms with E-state index in [9.17, 15) is 18.7 Å². The molecule has 0 radical (unpaired) electrons. The summed E-state index contributed by atoms with van der Waals surface area (Å²) in [5.74, 6) is 0. The fraction of sp³-hybridized carbons (Fsp3) is 0.611. The minimum absolute atomic E-state index is 0.0214. The molecule has 132 valence electrons. The Balaban J connectivity index is 1.66. The fourth-order valence-corrected chi connectivity index (χ4v) is 3.64. The largest absolute Gasteiger partial charge is 0.443 e. The van der Waals surface area contributed by atoms with Gasteiger partial charge in [-0.3, -0.25) is 0 Å². The summed E-state index contributed by atoms with van der Waals surface area (Å²) in [7, 11) is 0. The summed E-state index contributed by atoms with van der Waals surface area (Å²) in [5.41, 5.74) is 0.352. The molecule has 1 aliphatic carbocycles. The zero-order valence-electron chi connectivity index (χ0n) is 13.8. The summed E-state index contributed by atoms with van der Waals surface area (Å²) >= 11 is 0. The van der Waals surface area contributed by atoms with Gasteiger partial charge in [0.15, 0.2) is 0 Å². The molecule has 2 aliphatic rings. The first-order valence-corrected chi connectivity index (χ1v) is 8.46. The smallest absolute Gasteiger partial charge is 0.410 e. The van der Waals surface area contributed by atoms with Crippen LogP contribution in [0.2, 0.25) is 0 Å². The minimum Gasteiger partial charge on any atom is -0.443 e. The lowest BCUT2D eigenvalue weighted by Crippen LogP contribution is -2.52. The number of aliphatic hydroxyl groups is 1. The molecule has 0 bridgehead atoms. The van der Waals surface area contributed by atoms with Crippen molar-refractivity contribution >= 4 is 6.09 Å². The summed E-state index contributed by atoms with van der Waals surface area (Å²) < 4.78 is 31.0. The molecule has 0 aromatic heterocycles. The third-order valence-electron chi connectivity index (χ3n) is 5.35. The van der Waals surface area contributed by atoms with Crippen LogP contribution in [0.15, 0.2) is 24.3 Å². The summed E-state index contributed by atoms with van der Waals surface area (Å²) in [5, 5.41) is 9.64. The molecule has 1 saturated carbocycles. The first kappa shape index (κ1) is 17.1. The van der Waals surface area contributed by atoms with Gasteiger partial charge in [-0.15, -0.1) is 0 Å². The van der Waals surface area contributed by atoms with Gasteiger partial charge < -0.3 is 14.7 Å². The van der Waals surface area contributed by atoms with E-state index in [1.54, 1.807) is 17.0 Å². The molecular weight excluding hydrogens is 316 g/mol. The van der Waals surface area contributed by atoms with Crippen molar-refractivity contribution in [3.8, 4) is 0 Å². The van der Waals surface area contributed by atoms with Gasteiger partial charge in [0, 0.05) is 18.5 Å². The van der Waals surface area contributed by atoms with Gasteiger partial charge in [0.2, 0.25) is 0 Å². The SMILES string of the molecule is C[C@@H](c1ccc(C(F)F)cc1)N1CC[C@]2(CC[C@@H](O)CC2)OC1=O. The van der Waals surface area contributed by atoms with Crippen molar-refractivity contribution in [2.24, 2.45) is 0 Å². The van der Waals surface area contributed by atoms with Gasteiger partial charge in [-0.25, -0.2) is 13.6 Å². The Hall–Kier alpha value is -1.69. The number of nitrogens with zero attached hydrogens (tertiary/aromatic N) is 1. The van der Waals surface area contributed by atoms with Crippen LogP contribution in [0, 0.1) is 0 Å². The molecule has 3 rings (SSSR count). The summed E-state index contributed by atoms with van der Waals surface area (Å²) in [6.45, 7) is 2.45. The van der Waals surface area contributed by atoms with Crippen molar-refractivity contribution in [1.29, 1.82) is 0 Å². The van der Waals surface area contributed by atoms with Crippen LogP contribution < -0.4 is 0 Å². The van der Waals surface area contributed by atoms with E-state index in [1.165, 1.54) is 12.1 Å². The second-order valence-electron chi connectivity index (χ2n) is 6.87. The Morgan fingerprint density at radius 1 is 1.17 bits per heavy atom. The zero-order valence-corrected chi connectivity index (χ0v) is 13.8. The van der Waals surface area contributed by atoms with Crippen LogP contribution >= 0.6 is 0 Å². The van der Waals surface area contributed by atoms with Gasteiger partial charge in [-0.2, -0.15) is 0 Å². The molecule has 1 atom stereocenters. The van der Waals surface area contributed by atoms with E-state index in [2.05, 4.69) is 0 Å². The Kier molecular flexibility index (Phi) is 4.76. The molecule has 6 heteroatoms. The van der Waals surface area contributed by atoms with Crippen LogP contribution in [0.5, 0.6) is 0 Å². The number of aliphatic hydroxyl groups excluding tert-OH is 1. The predicted octanol–water partition coefficient (Wildman–Crippen LogP) is 4.20. The monoisotopic (exact) mass is 339 g/mol. The molecule has 4 nitrogen and oxygen atoms in total. The average Bonchev–Trinajstić information content (AvgIpc) is 2.57. The lowest BCUT2D eigenvalue weighted by Gasteiger charge is -2.45. The second kappa shape index (κ2) is 6.67. The van der Waals surface area contributed by atoms with E-state index in [1.807, 2.05) is 6.92 Å². The van der Waals surface area contributed by atoms with Crippen molar-refractivity contribution < 1.29 is 23.4 Å². The first-order valence-electron chi connectivity index (χ1n) is 8.46. The zero-order chi connectivity index (χ0) is 17.3. The molecule has 24 heavy (non-hydrogen) atoms. The Bertz CT molecular complexity index is 582. The highest BCUT2D eigenvalue weighted by atomic mass is 19.3. The average molecular weight is 339 g/mol. The third kappa shape index (κ3) is 3.38. The van der Waals surface area contributed by atoms with Crippen LogP contribution in [-0.4, -0.2) is 34.3 Å². The number of carbonyl (C=O) groups is 1. The maximum atomic E-state index is 12.6. The molecule has 1 amide bonds. The van der Waals surface area contributed by atoms with E-state index < -0.39 is 12.0 Å². The minimum atomic E-state index is -2.49. The van der Waals surface area contributed by atoms with E-state index in [0.717, 1.165) is 12.0 Å². The second-order valence-corrected chi connectivity index (χ2v) is 6.87. The molecule has 1 aromatic rings. The van der Waals surface area contributed by atoms with Crippen molar-refractivity contribution in [3.05, 3.63) is 35.4 Å². The maximum Gasteiger partial charge on any atom is 0.410 e. The van der Waals surface area contributed by atoms with Gasteiger partial charge in [0.25, 0.3) is 6.43 Å². The predicted molar refractivity (Wildman–Crippen MR) is 84.8 cm³/mol. The highest BCUT2D eigenvalue weighted by Crippen LogP contribution is 2.39. The Labute approximate surface area is 140 Å². The number of alkyl halides is 2. The topological polar surface area (TPSA) is 49.8 Å². The Morgan fingerprint density at radius 2 is 1.75 bits per heavy atom. The number of benzene rings is 1. The molecule has 1 spiro atoms. The maximum absolute atomic E-state index is 12.6. The molecule has 1 aliphatic heterocycles. The quantitative estimate of drug-likeness (QED) is 0.898. The molecule has 2 fully saturated rings. The van der Waals surface area contributed by atoms with Gasteiger partial charge >= 0.3 is 6.09 Å². The van der Waals surface area contributed by atoms with Crippen LogP contribution in [-0.2, 0) is 4.74 Å². The van der Waals surface area contributed by atoms with Crippen LogP contribution in [0.3, 0.4) is 0 Å². The highest BCUT2D eigenvalue weighted by Gasteiger charge is 2.44. The van der Waals surface area contributed by atoms with Crippen molar-refractivity contribution in [1.82, 2.24) is 4.90 Å². The number of amides is 1. The van der Waals surface area contributed by atoms with Crippen molar-refractivity contribution in [2.75, 3.05) is 6.54 Å². The number of hydrogen-bond acceptors (Lipinski definition) is 3. The standard InChI is InChI=1S/C18H23F2NO3/c1-12(13-2-4-14(5-3-13)16(19)20)21-11-10-18(24-17(21)23)8-6-15(22)7-9-18/h2-5,12,15-16,22H,6-11H2,1H3/t12-,15-,18-/m0/s1. The van der Waals surface area contributed by atoms with Crippen LogP contribution in [0.4, 0.5) is 13.6 Å². The summed E-state index contributed by atoms with van der Waals surface area (Å²) in [6.07, 6.45) is 0.329. The number of rotatable bonds is 3. The summed E-state index contributed by atoms with van der Waals surface area (Å²) in [6, 6.07) is 5.85.